The average molecular weight is 232 g/mol. The molecule has 0 radical (unpaired) electrons. The molecule has 0 saturated carbocycles. The van der Waals surface area contributed by atoms with Gasteiger partial charge in [0.15, 0.2) is 0 Å². The van der Waals surface area contributed by atoms with Gasteiger partial charge in [-0.05, 0) is 16.9 Å². The highest BCUT2D eigenvalue weighted by atomic mass is 35.5. The van der Waals surface area contributed by atoms with E-state index in [1.807, 2.05) is 0 Å². The Morgan fingerprint density at radius 1 is 1.14 bits per heavy atom. The van der Waals surface area contributed by atoms with E-state index in [4.69, 9.17) is 23.2 Å². The van der Waals surface area contributed by atoms with Crippen LogP contribution in [0.1, 0.15) is 33.3 Å². The lowest BCUT2D eigenvalue weighted by atomic mass is 9.75. The summed E-state index contributed by atoms with van der Waals surface area (Å²) in [5.74, 6) is 0.472. The van der Waals surface area contributed by atoms with Gasteiger partial charge >= 0.3 is 0 Å². The Balaban J connectivity index is 3.31. The zero-order chi connectivity index (χ0) is 10.9. The summed E-state index contributed by atoms with van der Waals surface area (Å²) in [6.07, 6.45) is 3.29. The van der Waals surface area contributed by atoms with E-state index >= 15 is 0 Å². The first-order chi connectivity index (χ1) is 6.37. The molecule has 0 fully saturated rings. The van der Waals surface area contributed by atoms with Crippen LogP contribution in [0.4, 0.5) is 0 Å². The maximum absolute atomic E-state index is 6.11. The number of nitrogens with zero attached hydrogens (tertiary/aromatic N) is 1. The van der Waals surface area contributed by atoms with Gasteiger partial charge in [0, 0.05) is 12.4 Å². The van der Waals surface area contributed by atoms with Crippen molar-refractivity contribution in [3.05, 3.63) is 28.0 Å². The van der Waals surface area contributed by atoms with Crippen molar-refractivity contribution >= 4 is 23.2 Å². The van der Waals surface area contributed by atoms with Crippen molar-refractivity contribution in [2.24, 2.45) is 5.92 Å². The van der Waals surface area contributed by atoms with Gasteiger partial charge in [-0.1, -0.05) is 50.9 Å². The number of halogens is 2. The van der Waals surface area contributed by atoms with Crippen molar-refractivity contribution in [2.75, 3.05) is 0 Å². The Morgan fingerprint density at radius 3 is 1.93 bits per heavy atom. The van der Waals surface area contributed by atoms with Crippen LogP contribution >= 0.6 is 23.2 Å². The van der Waals surface area contributed by atoms with E-state index in [2.05, 4.69) is 32.7 Å². The molecule has 0 aliphatic carbocycles. The van der Waals surface area contributed by atoms with Crippen LogP contribution in [-0.4, -0.2) is 4.98 Å². The van der Waals surface area contributed by atoms with Gasteiger partial charge in [-0.3, -0.25) is 4.98 Å². The van der Waals surface area contributed by atoms with E-state index in [1.54, 1.807) is 12.4 Å². The maximum atomic E-state index is 6.11. The first kappa shape index (κ1) is 11.8. The molecule has 1 aromatic rings. The lowest BCUT2D eigenvalue weighted by Crippen LogP contribution is -2.25. The van der Waals surface area contributed by atoms with Gasteiger partial charge in [-0.15, -0.1) is 0 Å². The zero-order valence-electron chi connectivity index (χ0n) is 8.94. The molecule has 0 aromatic carbocycles. The third-order valence-corrected chi connectivity index (χ3v) is 3.51. The van der Waals surface area contributed by atoms with E-state index < -0.39 is 0 Å². The summed E-state index contributed by atoms with van der Waals surface area (Å²) >= 11 is 12.2. The van der Waals surface area contributed by atoms with E-state index in [9.17, 15) is 0 Å². The highest BCUT2D eigenvalue weighted by Crippen LogP contribution is 2.39. The third kappa shape index (κ3) is 2.04. The van der Waals surface area contributed by atoms with Crippen LogP contribution in [0.3, 0.4) is 0 Å². The fraction of sp³-hybridized carbons (Fsp3) is 0.545. The lowest BCUT2D eigenvalue weighted by molar-refractivity contribution is 0.372. The molecule has 0 bridgehead atoms. The van der Waals surface area contributed by atoms with Crippen LogP contribution in [0.2, 0.25) is 10.0 Å². The van der Waals surface area contributed by atoms with Gasteiger partial charge in [0.2, 0.25) is 0 Å². The standard InChI is InChI=1S/C11H15Cl2N/c1-7(2)11(3,4)10-8(12)5-14-6-9(10)13/h5-7H,1-4H3. The second-order valence-electron chi connectivity index (χ2n) is 4.35. The summed E-state index contributed by atoms with van der Waals surface area (Å²) in [4.78, 5) is 3.95. The summed E-state index contributed by atoms with van der Waals surface area (Å²) in [5, 5.41) is 1.30. The molecule has 0 N–H and O–H groups in total. The van der Waals surface area contributed by atoms with E-state index in [0.717, 1.165) is 5.56 Å². The van der Waals surface area contributed by atoms with Crippen molar-refractivity contribution in [1.82, 2.24) is 4.98 Å². The Morgan fingerprint density at radius 2 is 1.57 bits per heavy atom. The minimum Gasteiger partial charge on any atom is -0.262 e. The highest BCUT2D eigenvalue weighted by molar-refractivity contribution is 6.35. The smallest absolute Gasteiger partial charge is 0.0641 e. The summed E-state index contributed by atoms with van der Waals surface area (Å²) in [5.41, 5.74) is 0.961. The normalized spacial score (nSPS) is 12.2. The van der Waals surface area contributed by atoms with E-state index in [0.29, 0.717) is 16.0 Å². The first-order valence-corrected chi connectivity index (χ1v) is 5.42. The molecule has 0 spiro atoms. The van der Waals surface area contributed by atoms with Crippen LogP contribution in [0.5, 0.6) is 0 Å². The van der Waals surface area contributed by atoms with Crippen molar-refractivity contribution in [1.29, 1.82) is 0 Å². The van der Waals surface area contributed by atoms with Gasteiger partial charge in [0.25, 0.3) is 0 Å². The molecule has 0 atom stereocenters. The van der Waals surface area contributed by atoms with Crippen LogP contribution < -0.4 is 0 Å². The first-order valence-electron chi connectivity index (χ1n) is 4.67. The van der Waals surface area contributed by atoms with Gasteiger partial charge in [0.05, 0.1) is 10.0 Å². The van der Waals surface area contributed by atoms with Gasteiger partial charge in [0.1, 0.15) is 0 Å². The van der Waals surface area contributed by atoms with Crippen molar-refractivity contribution < 1.29 is 0 Å². The molecule has 0 aliphatic heterocycles. The molecular formula is C11H15Cl2N. The van der Waals surface area contributed by atoms with E-state index in [1.165, 1.54) is 0 Å². The molecule has 0 aliphatic rings. The van der Waals surface area contributed by atoms with Crippen LogP contribution in [-0.2, 0) is 5.41 Å². The number of aromatic nitrogens is 1. The van der Waals surface area contributed by atoms with Crippen molar-refractivity contribution in [3.8, 4) is 0 Å². The fourth-order valence-electron chi connectivity index (χ4n) is 1.32. The highest BCUT2D eigenvalue weighted by Gasteiger charge is 2.29. The third-order valence-electron chi connectivity index (χ3n) is 2.94. The van der Waals surface area contributed by atoms with Crippen LogP contribution in [0.15, 0.2) is 12.4 Å². The topological polar surface area (TPSA) is 12.9 Å². The second-order valence-corrected chi connectivity index (χ2v) is 5.17. The summed E-state index contributed by atoms with van der Waals surface area (Å²) < 4.78 is 0. The van der Waals surface area contributed by atoms with Crippen molar-refractivity contribution in [3.63, 3.8) is 0 Å². The van der Waals surface area contributed by atoms with Crippen molar-refractivity contribution in [2.45, 2.75) is 33.1 Å². The molecular weight excluding hydrogens is 217 g/mol. The molecule has 1 nitrogen and oxygen atoms in total. The fourth-order valence-corrected chi connectivity index (χ4v) is 2.17. The number of hydrogen-bond donors (Lipinski definition) is 0. The SMILES string of the molecule is CC(C)C(C)(C)c1c(Cl)cncc1Cl. The Hall–Kier alpha value is -0.270. The Labute approximate surface area is 95.4 Å². The molecule has 1 heterocycles. The quantitative estimate of drug-likeness (QED) is 0.739. The predicted octanol–water partition coefficient (Wildman–Crippen LogP) is 4.32. The number of rotatable bonds is 2. The molecule has 0 saturated heterocycles. The summed E-state index contributed by atoms with van der Waals surface area (Å²) in [7, 11) is 0. The van der Waals surface area contributed by atoms with Crippen LogP contribution in [0, 0.1) is 5.92 Å². The molecule has 1 rings (SSSR count). The second kappa shape index (κ2) is 4.08. The molecule has 0 amide bonds. The molecule has 3 heteroatoms. The zero-order valence-corrected chi connectivity index (χ0v) is 10.4. The van der Waals surface area contributed by atoms with Gasteiger partial charge in [-0.2, -0.15) is 0 Å². The molecule has 1 aromatic heterocycles. The number of pyridine rings is 1. The largest absolute Gasteiger partial charge is 0.262 e. The van der Waals surface area contributed by atoms with Crippen LogP contribution in [0.25, 0.3) is 0 Å². The predicted molar refractivity (Wildman–Crippen MR) is 62.1 cm³/mol. The van der Waals surface area contributed by atoms with E-state index in [-0.39, 0.29) is 5.41 Å². The number of hydrogen-bond acceptors (Lipinski definition) is 1. The Kier molecular flexibility index (Phi) is 3.44. The molecule has 14 heavy (non-hydrogen) atoms. The lowest BCUT2D eigenvalue weighted by Gasteiger charge is -2.31. The minimum atomic E-state index is -0.0306. The van der Waals surface area contributed by atoms with Gasteiger partial charge < -0.3 is 0 Å². The molecule has 0 unspecified atom stereocenters. The maximum Gasteiger partial charge on any atom is 0.0641 e. The summed E-state index contributed by atoms with van der Waals surface area (Å²) in [6, 6.07) is 0. The molecule has 78 valence electrons. The monoisotopic (exact) mass is 231 g/mol. The van der Waals surface area contributed by atoms with Gasteiger partial charge in [-0.25, -0.2) is 0 Å². The summed E-state index contributed by atoms with van der Waals surface area (Å²) in [6.45, 7) is 8.61. The minimum absolute atomic E-state index is 0.0306. The Bertz CT molecular complexity index is 312. The average Bonchev–Trinajstić information content (AvgIpc) is 2.02.